The summed E-state index contributed by atoms with van der Waals surface area (Å²) in [5.41, 5.74) is 0. The average Bonchev–Trinajstić information content (AvgIpc) is 3.17. The van der Waals surface area contributed by atoms with Crippen molar-refractivity contribution in [1.82, 2.24) is 0 Å². The van der Waals surface area contributed by atoms with Gasteiger partial charge >= 0.3 is 11.8 Å². The maximum absolute atomic E-state index is 12.0. The number of carbonyl (C=O) groups is 1. The molecule has 4 nitrogen and oxygen atoms in total. The van der Waals surface area contributed by atoms with E-state index in [1.54, 1.807) is 0 Å². The fourth-order valence-electron chi connectivity index (χ4n) is 2.22. The number of hydrogen-bond acceptors (Lipinski definition) is 4. The van der Waals surface area contributed by atoms with Gasteiger partial charge in [0.05, 0.1) is 6.61 Å². The van der Waals surface area contributed by atoms with Crippen molar-refractivity contribution in [1.29, 1.82) is 0 Å². The van der Waals surface area contributed by atoms with Crippen LogP contribution in [0.4, 0.5) is 0 Å². The van der Waals surface area contributed by atoms with Crippen molar-refractivity contribution in [2.24, 2.45) is 5.92 Å². The molecule has 1 unspecified atom stereocenters. The van der Waals surface area contributed by atoms with Crippen molar-refractivity contribution in [3.63, 3.8) is 0 Å². The standard InChI is InChI=1S/C14H26O4/c1-4-7-8-9-11-16-13(15)14(17-18-14)12(6-3)10-5-2/h12H,4-11H2,1-3H3. The molecule has 1 aliphatic rings. The third-order valence-electron chi connectivity index (χ3n) is 3.45. The van der Waals surface area contributed by atoms with Gasteiger partial charge in [0.1, 0.15) is 0 Å². The summed E-state index contributed by atoms with van der Waals surface area (Å²) >= 11 is 0. The fourth-order valence-corrected chi connectivity index (χ4v) is 2.22. The highest BCUT2D eigenvalue weighted by molar-refractivity contribution is 5.79. The summed E-state index contributed by atoms with van der Waals surface area (Å²) in [6.45, 7) is 6.76. The Labute approximate surface area is 110 Å². The van der Waals surface area contributed by atoms with Gasteiger partial charge in [0, 0.05) is 5.92 Å². The van der Waals surface area contributed by atoms with Crippen LogP contribution < -0.4 is 0 Å². The van der Waals surface area contributed by atoms with Crippen molar-refractivity contribution in [2.75, 3.05) is 6.61 Å². The molecule has 0 aliphatic carbocycles. The Kier molecular flexibility index (Phi) is 6.65. The van der Waals surface area contributed by atoms with Crippen LogP contribution in [0.3, 0.4) is 0 Å². The molecule has 106 valence electrons. The Bertz CT molecular complexity index is 248. The highest BCUT2D eigenvalue weighted by atomic mass is 17.4. The van der Waals surface area contributed by atoms with E-state index in [1.165, 1.54) is 12.8 Å². The summed E-state index contributed by atoms with van der Waals surface area (Å²) in [4.78, 5) is 21.9. The molecule has 1 atom stereocenters. The Morgan fingerprint density at radius 2 is 1.83 bits per heavy atom. The van der Waals surface area contributed by atoms with Gasteiger partial charge in [-0.05, 0) is 19.3 Å². The largest absolute Gasteiger partial charge is 0.462 e. The van der Waals surface area contributed by atoms with Gasteiger partial charge < -0.3 is 4.74 Å². The summed E-state index contributed by atoms with van der Waals surface area (Å²) in [5, 5.41) is 0. The average molecular weight is 258 g/mol. The molecule has 1 rings (SSSR count). The van der Waals surface area contributed by atoms with Crippen molar-refractivity contribution in [3.8, 4) is 0 Å². The van der Waals surface area contributed by atoms with Crippen molar-refractivity contribution < 1.29 is 19.3 Å². The lowest BCUT2D eigenvalue weighted by Crippen LogP contribution is -2.35. The molecule has 4 heteroatoms. The Morgan fingerprint density at radius 1 is 1.11 bits per heavy atom. The van der Waals surface area contributed by atoms with Crippen LogP contribution in [0, 0.1) is 5.92 Å². The normalized spacial score (nSPS) is 18.4. The summed E-state index contributed by atoms with van der Waals surface area (Å²) < 4.78 is 5.26. The van der Waals surface area contributed by atoms with Crippen LogP contribution >= 0.6 is 0 Å². The van der Waals surface area contributed by atoms with Gasteiger partial charge in [-0.3, -0.25) is 0 Å². The topological polar surface area (TPSA) is 51.4 Å². The van der Waals surface area contributed by atoms with E-state index in [0.717, 1.165) is 32.1 Å². The molecule has 0 aromatic heterocycles. The number of hydrogen-bond donors (Lipinski definition) is 0. The molecule has 0 saturated carbocycles. The first-order chi connectivity index (χ1) is 8.71. The molecule has 0 N–H and O–H groups in total. The SMILES string of the molecule is CCCCCCOC(=O)C1(C(CC)CCC)OO1. The highest BCUT2D eigenvalue weighted by Gasteiger charge is 2.63. The Hall–Kier alpha value is -0.610. The number of esters is 1. The lowest BCUT2D eigenvalue weighted by molar-refractivity contribution is -0.154. The van der Waals surface area contributed by atoms with Crippen molar-refractivity contribution >= 4 is 5.97 Å². The third-order valence-corrected chi connectivity index (χ3v) is 3.45. The zero-order valence-electron chi connectivity index (χ0n) is 11.9. The minimum absolute atomic E-state index is 0.102. The maximum atomic E-state index is 12.0. The van der Waals surface area contributed by atoms with Crippen LogP contribution in [-0.2, 0) is 19.3 Å². The first-order valence-corrected chi connectivity index (χ1v) is 7.25. The van der Waals surface area contributed by atoms with Crippen LogP contribution in [-0.4, -0.2) is 18.4 Å². The van der Waals surface area contributed by atoms with E-state index in [-0.39, 0.29) is 11.9 Å². The van der Waals surface area contributed by atoms with E-state index >= 15 is 0 Å². The molecule has 1 aliphatic heterocycles. The van der Waals surface area contributed by atoms with E-state index in [1.807, 2.05) is 6.92 Å². The van der Waals surface area contributed by atoms with E-state index in [2.05, 4.69) is 13.8 Å². The van der Waals surface area contributed by atoms with Crippen LogP contribution in [0.25, 0.3) is 0 Å². The second-order valence-corrected chi connectivity index (χ2v) is 4.92. The highest BCUT2D eigenvalue weighted by Crippen LogP contribution is 2.42. The maximum Gasteiger partial charge on any atom is 0.372 e. The molecular formula is C14H26O4. The number of carbonyl (C=O) groups excluding carboxylic acids is 1. The first kappa shape index (κ1) is 15.4. The van der Waals surface area contributed by atoms with Crippen LogP contribution in [0.1, 0.15) is 65.7 Å². The quantitative estimate of drug-likeness (QED) is 0.260. The van der Waals surface area contributed by atoms with Crippen molar-refractivity contribution in [3.05, 3.63) is 0 Å². The predicted molar refractivity (Wildman–Crippen MR) is 68.7 cm³/mol. The van der Waals surface area contributed by atoms with Gasteiger partial charge in [0.2, 0.25) is 0 Å². The van der Waals surface area contributed by atoms with E-state index < -0.39 is 5.79 Å². The van der Waals surface area contributed by atoms with E-state index in [4.69, 9.17) is 14.5 Å². The van der Waals surface area contributed by atoms with Gasteiger partial charge in [-0.2, -0.15) is 9.78 Å². The molecule has 1 saturated heterocycles. The summed E-state index contributed by atoms with van der Waals surface area (Å²) in [7, 11) is 0. The smallest absolute Gasteiger partial charge is 0.372 e. The molecular weight excluding hydrogens is 232 g/mol. The third kappa shape index (κ3) is 3.95. The van der Waals surface area contributed by atoms with Crippen LogP contribution in [0.5, 0.6) is 0 Å². The molecule has 0 bridgehead atoms. The Balaban J connectivity index is 2.31. The zero-order chi connectivity index (χ0) is 13.4. The van der Waals surface area contributed by atoms with Gasteiger partial charge in [0.15, 0.2) is 0 Å². The van der Waals surface area contributed by atoms with Crippen LogP contribution in [0.15, 0.2) is 0 Å². The minimum atomic E-state index is -1.09. The predicted octanol–water partition coefficient (Wildman–Crippen LogP) is 3.59. The summed E-state index contributed by atoms with van der Waals surface area (Å²) in [6, 6.07) is 0. The first-order valence-electron chi connectivity index (χ1n) is 7.25. The molecule has 0 amide bonds. The van der Waals surface area contributed by atoms with Gasteiger partial charge in [-0.15, -0.1) is 0 Å². The summed E-state index contributed by atoms with van der Waals surface area (Å²) in [6.07, 6.45) is 7.17. The van der Waals surface area contributed by atoms with Crippen molar-refractivity contribution in [2.45, 2.75) is 71.5 Å². The van der Waals surface area contributed by atoms with Gasteiger partial charge in [-0.1, -0.05) is 46.5 Å². The minimum Gasteiger partial charge on any atom is -0.462 e. The molecule has 0 radical (unpaired) electrons. The zero-order valence-corrected chi connectivity index (χ0v) is 11.9. The van der Waals surface area contributed by atoms with Gasteiger partial charge in [0.25, 0.3) is 0 Å². The van der Waals surface area contributed by atoms with E-state index in [9.17, 15) is 4.79 Å². The van der Waals surface area contributed by atoms with E-state index in [0.29, 0.717) is 6.61 Å². The lowest BCUT2D eigenvalue weighted by atomic mass is 9.92. The van der Waals surface area contributed by atoms with Crippen LogP contribution in [0.2, 0.25) is 0 Å². The number of ether oxygens (including phenoxy) is 1. The summed E-state index contributed by atoms with van der Waals surface area (Å²) in [5.74, 6) is -1.33. The molecule has 1 fully saturated rings. The molecule has 1 heterocycles. The van der Waals surface area contributed by atoms with Gasteiger partial charge in [-0.25, -0.2) is 4.79 Å². The monoisotopic (exact) mass is 258 g/mol. The lowest BCUT2D eigenvalue weighted by Gasteiger charge is -2.16. The number of unbranched alkanes of at least 4 members (excludes halogenated alkanes) is 3. The fraction of sp³-hybridized carbons (Fsp3) is 0.929. The second-order valence-electron chi connectivity index (χ2n) is 4.92. The molecule has 18 heavy (non-hydrogen) atoms. The molecule has 0 spiro atoms. The molecule has 0 aromatic carbocycles. The second kappa shape index (κ2) is 7.74. The molecule has 0 aromatic rings. The number of rotatable bonds is 10. The Morgan fingerprint density at radius 3 is 2.33 bits per heavy atom.